The molecule has 3 nitrogen and oxygen atoms in total. The summed E-state index contributed by atoms with van der Waals surface area (Å²) in [5, 5.41) is 14.1. The maximum absolute atomic E-state index is 8.87. The monoisotopic (exact) mass is 171 g/mol. The van der Waals surface area contributed by atoms with Crippen molar-refractivity contribution in [1.82, 2.24) is 9.78 Å². The molecule has 0 atom stereocenters. The molecule has 1 aromatic heterocycles. The number of nitriles is 1. The number of nitrogens with zero attached hydrogens (tertiary/aromatic N) is 3. The molecule has 0 saturated heterocycles. The van der Waals surface area contributed by atoms with Crippen LogP contribution in [-0.4, -0.2) is 9.78 Å². The van der Waals surface area contributed by atoms with E-state index in [1.54, 1.807) is 4.68 Å². The van der Waals surface area contributed by atoms with E-state index in [0.29, 0.717) is 5.56 Å². The minimum absolute atomic E-state index is 0.649. The third kappa shape index (κ3) is 1.17. The molecular weight excluding hydrogens is 162 g/mol. The molecule has 1 aromatic carbocycles. The van der Waals surface area contributed by atoms with E-state index in [4.69, 9.17) is 5.26 Å². The first kappa shape index (κ1) is 7.81. The van der Waals surface area contributed by atoms with Gasteiger partial charge in [0.1, 0.15) is 11.6 Å². The van der Waals surface area contributed by atoms with Gasteiger partial charge in [-0.1, -0.05) is 0 Å². The van der Waals surface area contributed by atoms with E-state index in [2.05, 4.69) is 11.2 Å². The van der Waals surface area contributed by atoms with Crippen LogP contribution in [0.1, 0.15) is 11.1 Å². The highest BCUT2D eigenvalue weighted by Gasteiger charge is 2.04. The number of fused-ring (bicyclic) bond motifs is 1. The second kappa shape index (κ2) is 2.60. The third-order valence-electron chi connectivity index (χ3n) is 1.99. The summed E-state index contributed by atoms with van der Waals surface area (Å²) in [4.78, 5) is 0. The van der Waals surface area contributed by atoms with E-state index in [1.807, 2.05) is 32.3 Å². The molecule has 2 aromatic rings. The van der Waals surface area contributed by atoms with Crippen LogP contribution in [0.4, 0.5) is 0 Å². The van der Waals surface area contributed by atoms with Gasteiger partial charge in [-0.2, -0.15) is 10.4 Å². The molecule has 0 fully saturated rings. The zero-order valence-corrected chi connectivity index (χ0v) is 7.57. The maximum atomic E-state index is 8.87. The Hall–Kier alpha value is -1.82. The average molecular weight is 171 g/mol. The predicted molar refractivity (Wildman–Crippen MR) is 50.2 cm³/mol. The largest absolute Gasteiger partial charge is 0.275 e. The van der Waals surface area contributed by atoms with E-state index in [-0.39, 0.29) is 0 Å². The highest BCUT2D eigenvalue weighted by molar-refractivity contribution is 5.84. The van der Waals surface area contributed by atoms with Crippen LogP contribution in [0.2, 0.25) is 0 Å². The van der Waals surface area contributed by atoms with Crippen molar-refractivity contribution in [2.24, 2.45) is 7.05 Å². The summed E-state index contributed by atoms with van der Waals surface area (Å²) in [6.45, 7) is 1.98. The zero-order chi connectivity index (χ0) is 9.42. The minimum atomic E-state index is 0.649. The van der Waals surface area contributed by atoms with E-state index >= 15 is 0 Å². The number of hydrogen-bond acceptors (Lipinski definition) is 2. The molecule has 0 aliphatic rings. The summed E-state index contributed by atoms with van der Waals surface area (Å²) in [5.41, 5.74) is 2.53. The molecule has 64 valence electrons. The lowest BCUT2D eigenvalue weighted by Gasteiger charge is -1.93. The van der Waals surface area contributed by atoms with Crippen LogP contribution in [0.3, 0.4) is 0 Å². The Morgan fingerprint density at radius 2 is 2.23 bits per heavy atom. The van der Waals surface area contributed by atoms with E-state index in [9.17, 15) is 0 Å². The van der Waals surface area contributed by atoms with Crippen molar-refractivity contribution in [2.75, 3.05) is 0 Å². The van der Waals surface area contributed by atoms with Crippen LogP contribution >= 0.6 is 0 Å². The summed E-state index contributed by atoms with van der Waals surface area (Å²) in [6.07, 6.45) is 1.92. The fourth-order valence-corrected chi connectivity index (χ4v) is 1.49. The molecule has 0 bridgehead atoms. The molecule has 0 unspecified atom stereocenters. The molecule has 0 saturated carbocycles. The van der Waals surface area contributed by atoms with Gasteiger partial charge < -0.3 is 0 Å². The molecule has 0 radical (unpaired) electrons. The van der Waals surface area contributed by atoms with Gasteiger partial charge in [-0.15, -0.1) is 0 Å². The van der Waals surface area contributed by atoms with E-state index < -0.39 is 0 Å². The lowest BCUT2D eigenvalue weighted by atomic mass is 10.1. The summed E-state index contributed by atoms with van der Waals surface area (Å²) in [5.74, 6) is 0. The predicted octanol–water partition coefficient (Wildman–Crippen LogP) is 1.75. The SMILES string of the molecule is Cc1cc(C#N)c2nn(C)cc2c1. The van der Waals surface area contributed by atoms with Crippen LogP contribution in [0.15, 0.2) is 18.3 Å². The fraction of sp³-hybridized carbons (Fsp3) is 0.200. The number of benzene rings is 1. The third-order valence-corrected chi connectivity index (χ3v) is 1.99. The second-order valence-corrected chi connectivity index (χ2v) is 3.16. The van der Waals surface area contributed by atoms with Gasteiger partial charge in [0.25, 0.3) is 0 Å². The quantitative estimate of drug-likeness (QED) is 0.606. The summed E-state index contributed by atoms with van der Waals surface area (Å²) < 4.78 is 1.73. The van der Waals surface area contributed by atoms with Crippen molar-refractivity contribution in [1.29, 1.82) is 5.26 Å². The van der Waals surface area contributed by atoms with Gasteiger partial charge in [-0.3, -0.25) is 4.68 Å². The summed E-state index contributed by atoms with van der Waals surface area (Å²) in [6, 6.07) is 6.04. The van der Waals surface area contributed by atoms with Crippen LogP contribution < -0.4 is 0 Å². The highest BCUT2D eigenvalue weighted by atomic mass is 15.2. The Kier molecular flexibility index (Phi) is 1.56. The molecule has 3 heteroatoms. The molecule has 1 heterocycles. The number of hydrogen-bond donors (Lipinski definition) is 0. The molecule has 0 aliphatic heterocycles. The molecule has 2 rings (SSSR count). The lowest BCUT2D eigenvalue weighted by Crippen LogP contribution is -1.86. The van der Waals surface area contributed by atoms with E-state index in [1.165, 1.54) is 0 Å². The Bertz CT molecular complexity index is 503. The van der Waals surface area contributed by atoms with Gasteiger partial charge in [0, 0.05) is 18.6 Å². The summed E-state index contributed by atoms with van der Waals surface area (Å²) in [7, 11) is 1.86. The van der Waals surface area contributed by atoms with Crippen LogP contribution in [0, 0.1) is 18.3 Å². The zero-order valence-electron chi connectivity index (χ0n) is 7.57. The number of aromatic nitrogens is 2. The van der Waals surface area contributed by atoms with Crippen LogP contribution in [0.25, 0.3) is 10.9 Å². The van der Waals surface area contributed by atoms with Gasteiger partial charge in [0.2, 0.25) is 0 Å². The smallest absolute Gasteiger partial charge is 0.110 e. The van der Waals surface area contributed by atoms with Crippen molar-refractivity contribution in [2.45, 2.75) is 6.92 Å². The summed E-state index contributed by atoms with van der Waals surface area (Å²) >= 11 is 0. The maximum Gasteiger partial charge on any atom is 0.110 e. The molecule has 0 spiro atoms. The second-order valence-electron chi connectivity index (χ2n) is 3.16. The molecule has 13 heavy (non-hydrogen) atoms. The molecular formula is C10H9N3. The van der Waals surface area contributed by atoms with E-state index in [0.717, 1.165) is 16.5 Å². The van der Waals surface area contributed by atoms with Crippen molar-refractivity contribution in [3.05, 3.63) is 29.5 Å². The number of rotatable bonds is 0. The van der Waals surface area contributed by atoms with Gasteiger partial charge in [0.05, 0.1) is 5.56 Å². The van der Waals surface area contributed by atoms with Gasteiger partial charge >= 0.3 is 0 Å². The first-order valence-corrected chi connectivity index (χ1v) is 4.05. The first-order chi connectivity index (χ1) is 6.20. The number of aryl methyl sites for hydroxylation is 2. The Morgan fingerprint density at radius 1 is 1.46 bits per heavy atom. The Labute approximate surface area is 76.2 Å². The van der Waals surface area contributed by atoms with Gasteiger partial charge in [-0.25, -0.2) is 0 Å². The van der Waals surface area contributed by atoms with Crippen LogP contribution in [0.5, 0.6) is 0 Å². The van der Waals surface area contributed by atoms with Crippen molar-refractivity contribution < 1.29 is 0 Å². The standard InChI is InChI=1S/C10H9N3/c1-7-3-8(5-11)10-9(4-7)6-13(2)12-10/h3-4,6H,1-2H3. The Morgan fingerprint density at radius 3 is 2.92 bits per heavy atom. The van der Waals surface area contributed by atoms with Crippen molar-refractivity contribution in [3.8, 4) is 6.07 Å². The fourth-order valence-electron chi connectivity index (χ4n) is 1.49. The van der Waals surface area contributed by atoms with Crippen molar-refractivity contribution >= 4 is 10.9 Å². The normalized spacial score (nSPS) is 10.2. The first-order valence-electron chi connectivity index (χ1n) is 4.05. The molecule has 0 N–H and O–H groups in total. The van der Waals surface area contributed by atoms with Gasteiger partial charge in [-0.05, 0) is 24.6 Å². The molecule has 0 aliphatic carbocycles. The minimum Gasteiger partial charge on any atom is -0.275 e. The molecule has 0 amide bonds. The van der Waals surface area contributed by atoms with Crippen LogP contribution in [-0.2, 0) is 7.05 Å². The topological polar surface area (TPSA) is 41.6 Å². The van der Waals surface area contributed by atoms with Crippen molar-refractivity contribution in [3.63, 3.8) is 0 Å². The van der Waals surface area contributed by atoms with Gasteiger partial charge in [0.15, 0.2) is 0 Å². The Balaban J connectivity index is 2.90. The lowest BCUT2D eigenvalue weighted by molar-refractivity contribution is 0.779. The average Bonchev–Trinajstić information content (AvgIpc) is 2.43. The highest BCUT2D eigenvalue weighted by Crippen LogP contribution is 2.18.